The van der Waals surface area contributed by atoms with Crippen LogP contribution >= 0.6 is 0 Å². The second-order valence-electron chi connectivity index (χ2n) is 9.30. The Bertz CT molecular complexity index is 566. The number of hydrogen-bond donors (Lipinski definition) is 2. The first-order valence-electron chi connectivity index (χ1n) is 10.7. The van der Waals surface area contributed by atoms with Crippen molar-refractivity contribution in [3.05, 3.63) is 0 Å². The minimum atomic E-state index is -0.455. The van der Waals surface area contributed by atoms with Crippen molar-refractivity contribution in [3.63, 3.8) is 0 Å². The maximum Gasteiger partial charge on any atom is 0.248 e. The smallest absolute Gasteiger partial charge is 0.248 e. The first-order valence-corrected chi connectivity index (χ1v) is 10.7. The standard InChI is InChI=1S/C20H34N4O3/c1-22-14-20(7-8-20)13-16(18(25)21-27)17(22)19(26)24-11-5-15(6-12-24)23-9-3-2-4-10-23/h15-17,27H,2-14H2,1H3,(H,21,25). The van der Waals surface area contributed by atoms with Crippen LogP contribution in [0, 0.1) is 11.3 Å². The van der Waals surface area contributed by atoms with Crippen LogP contribution in [-0.2, 0) is 9.59 Å². The minimum absolute atomic E-state index is 0.0682. The third-order valence-electron chi connectivity index (χ3n) is 7.43. The van der Waals surface area contributed by atoms with Gasteiger partial charge in [-0.3, -0.25) is 19.7 Å². The summed E-state index contributed by atoms with van der Waals surface area (Å²) in [5, 5.41) is 9.20. The maximum absolute atomic E-state index is 13.3. The van der Waals surface area contributed by atoms with E-state index in [-0.39, 0.29) is 11.3 Å². The Kier molecular flexibility index (Phi) is 5.45. The third-order valence-corrected chi connectivity index (χ3v) is 7.43. The maximum atomic E-state index is 13.3. The molecule has 4 fully saturated rings. The van der Waals surface area contributed by atoms with Crippen molar-refractivity contribution in [1.82, 2.24) is 20.2 Å². The highest BCUT2D eigenvalue weighted by Gasteiger charge is 2.55. The van der Waals surface area contributed by atoms with E-state index in [9.17, 15) is 14.8 Å². The number of likely N-dealkylation sites (tertiary alicyclic amines) is 3. The molecule has 7 nitrogen and oxygen atoms in total. The summed E-state index contributed by atoms with van der Waals surface area (Å²) in [5.41, 5.74) is 2.00. The molecule has 2 atom stereocenters. The molecule has 152 valence electrons. The lowest BCUT2D eigenvalue weighted by Crippen LogP contribution is -2.60. The van der Waals surface area contributed by atoms with Gasteiger partial charge in [-0.1, -0.05) is 6.42 Å². The quantitative estimate of drug-likeness (QED) is 0.568. The van der Waals surface area contributed by atoms with Gasteiger partial charge in [-0.25, -0.2) is 5.48 Å². The van der Waals surface area contributed by atoms with Gasteiger partial charge in [-0.15, -0.1) is 0 Å². The summed E-state index contributed by atoms with van der Waals surface area (Å²) < 4.78 is 0. The van der Waals surface area contributed by atoms with Gasteiger partial charge < -0.3 is 9.80 Å². The van der Waals surface area contributed by atoms with E-state index in [1.54, 1.807) is 0 Å². The van der Waals surface area contributed by atoms with Gasteiger partial charge in [0.1, 0.15) is 6.04 Å². The summed E-state index contributed by atoms with van der Waals surface area (Å²) in [7, 11) is 1.96. The number of rotatable bonds is 3. The Morgan fingerprint density at radius 2 is 1.70 bits per heavy atom. The van der Waals surface area contributed by atoms with Gasteiger partial charge in [-0.2, -0.15) is 0 Å². The molecule has 3 aliphatic heterocycles. The van der Waals surface area contributed by atoms with Crippen molar-refractivity contribution >= 4 is 11.8 Å². The van der Waals surface area contributed by atoms with E-state index in [1.807, 2.05) is 17.4 Å². The topological polar surface area (TPSA) is 76.1 Å². The lowest BCUT2D eigenvalue weighted by atomic mass is 9.80. The highest BCUT2D eigenvalue weighted by molar-refractivity contribution is 5.90. The third kappa shape index (κ3) is 3.87. The number of nitrogens with zero attached hydrogens (tertiary/aromatic N) is 3. The summed E-state index contributed by atoms with van der Waals surface area (Å²) in [6, 6.07) is 0.152. The molecule has 0 radical (unpaired) electrons. The Balaban J connectivity index is 1.39. The molecule has 27 heavy (non-hydrogen) atoms. The van der Waals surface area contributed by atoms with Crippen LogP contribution in [0.5, 0.6) is 0 Å². The van der Waals surface area contributed by atoms with Crippen molar-refractivity contribution < 1.29 is 14.8 Å². The van der Waals surface area contributed by atoms with Crippen LogP contribution in [0.1, 0.15) is 51.4 Å². The highest BCUT2D eigenvalue weighted by Crippen LogP contribution is 2.54. The Hall–Kier alpha value is -1.18. The average molecular weight is 379 g/mol. The molecule has 7 heteroatoms. The zero-order chi connectivity index (χ0) is 19.0. The van der Waals surface area contributed by atoms with Crippen LogP contribution in [-0.4, -0.2) is 83.6 Å². The van der Waals surface area contributed by atoms with E-state index >= 15 is 0 Å². The number of hydrogen-bond acceptors (Lipinski definition) is 5. The van der Waals surface area contributed by atoms with Crippen LogP contribution in [0.4, 0.5) is 0 Å². The molecule has 1 aliphatic carbocycles. The summed E-state index contributed by atoms with van der Waals surface area (Å²) >= 11 is 0. The molecule has 3 heterocycles. The van der Waals surface area contributed by atoms with Gasteiger partial charge in [0.25, 0.3) is 0 Å². The number of carbonyl (C=O) groups excluding carboxylic acids is 2. The van der Waals surface area contributed by atoms with Gasteiger partial charge in [0.05, 0.1) is 5.92 Å². The average Bonchev–Trinajstić information content (AvgIpc) is 3.45. The number of nitrogens with one attached hydrogen (secondary N) is 1. The molecule has 0 bridgehead atoms. The molecular weight excluding hydrogens is 344 g/mol. The molecule has 2 N–H and O–H groups in total. The SMILES string of the molecule is CN1CC2(CC2)CC(C(=O)NO)C1C(=O)N1CCC(N2CCCCC2)CC1. The van der Waals surface area contributed by atoms with Crippen molar-refractivity contribution in [1.29, 1.82) is 0 Å². The monoisotopic (exact) mass is 378 g/mol. The van der Waals surface area contributed by atoms with Gasteiger partial charge in [0.15, 0.2) is 0 Å². The van der Waals surface area contributed by atoms with Crippen LogP contribution in [0.25, 0.3) is 0 Å². The number of piperidine rings is 3. The molecule has 0 aromatic heterocycles. The van der Waals surface area contributed by atoms with Crippen molar-refractivity contribution in [3.8, 4) is 0 Å². The molecule has 0 aromatic rings. The molecular formula is C20H34N4O3. The zero-order valence-corrected chi connectivity index (χ0v) is 16.5. The largest absolute Gasteiger partial charge is 0.341 e. The van der Waals surface area contributed by atoms with Gasteiger partial charge in [0.2, 0.25) is 11.8 Å². The number of amides is 2. The van der Waals surface area contributed by atoms with Crippen LogP contribution in [0.3, 0.4) is 0 Å². The molecule has 1 spiro atoms. The molecule has 2 unspecified atom stereocenters. The zero-order valence-electron chi connectivity index (χ0n) is 16.5. The predicted octanol–water partition coefficient (Wildman–Crippen LogP) is 1.07. The Labute approximate surface area is 162 Å². The molecule has 1 saturated carbocycles. The number of carbonyl (C=O) groups is 2. The molecule has 3 saturated heterocycles. The first-order chi connectivity index (χ1) is 13.0. The van der Waals surface area contributed by atoms with Crippen molar-refractivity contribution in [2.45, 2.75) is 63.5 Å². The normalized spacial score (nSPS) is 32.4. The van der Waals surface area contributed by atoms with E-state index in [0.717, 1.165) is 45.3 Å². The van der Waals surface area contributed by atoms with Crippen LogP contribution < -0.4 is 5.48 Å². The lowest BCUT2D eigenvalue weighted by Gasteiger charge is -2.45. The van der Waals surface area contributed by atoms with Crippen LogP contribution in [0.2, 0.25) is 0 Å². The predicted molar refractivity (Wildman–Crippen MR) is 101 cm³/mol. The van der Waals surface area contributed by atoms with E-state index < -0.39 is 17.9 Å². The Morgan fingerprint density at radius 3 is 2.30 bits per heavy atom. The van der Waals surface area contributed by atoms with Gasteiger partial charge in [-0.05, 0) is 70.5 Å². The van der Waals surface area contributed by atoms with E-state index in [1.165, 1.54) is 32.4 Å². The van der Waals surface area contributed by atoms with E-state index in [2.05, 4.69) is 9.80 Å². The van der Waals surface area contributed by atoms with Gasteiger partial charge >= 0.3 is 0 Å². The summed E-state index contributed by atoms with van der Waals surface area (Å²) in [4.78, 5) is 32.3. The Morgan fingerprint density at radius 1 is 1.04 bits per heavy atom. The summed E-state index contributed by atoms with van der Waals surface area (Å²) in [5.74, 6) is -0.795. The minimum Gasteiger partial charge on any atom is -0.341 e. The fraction of sp³-hybridized carbons (Fsp3) is 0.900. The fourth-order valence-corrected chi connectivity index (χ4v) is 5.72. The second-order valence-corrected chi connectivity index (χ2v) is 9.30. The molecule has 4 aliphatic rings. The first kappa shape index (κ1) is 19.2. The molecule has 4 rings (SSSR count). The fourth-order valence-electron chi connectivity index (χ4n) is 5.72. The number of hydroxylamine groups is 1. The van der Waals surface area contributed by atoms with Crippen LogP contribution in [0.15, 0.2) is 0 Å². The number of likely N-dealkylation sites (N-methyl/N-ethyl adjacent to an activating group) is 1. The van der Waals surface area contributed by atoms with Gasteiger partial charge in [0, 0.05) is 25.7 Å². The van der Waals surface area contributed by atoms with Crippen molar-refractivity contribution in [2.24, 2.45) is 11.3 Å². The summed E-state index contributed by atoms with van der Waals surface area (Å²) in [6.45, 7) is 4.84. The second kappa shape index (κ2) is 7.68. The lowest BCUT2D eigenvalue weighted by molar-refractivity contribution is -0.151. The molecule has 2 amide bonds. The van der Waals surface area contributed by atoms with Crippen molar-refractivity contribution in [2.75, 3.05) is 39.8 Å². The van der Waals surface area contributed by atoms with E-state index in [0.29, 0.717) is 12.5 Å². The highest BCUT2D eigenvalue weighted by atomic mass is 16.5. The molecule has 0 aromatic carbocycles. The summed E-state index contributed by atoms with van der Waals surface area (Å²) in [6.07, 6.45) is 8.95. The van der Waals surface area contributed by atoms with E-state index in [4.69, 9.17) is 0 Å².